The van der Waals surface area contributed by atoms with E-state index in [-0.39, 0.29) is 11.8 Å². The molecule has 0 radical (unpaired) electrons. The average Bonchev–Trinajstić information content (AvgIpc) is 3.15. The lowest BCUT2D eigenvalue weighted by atomic mass is 10.1. The van der Waals surface area contributed by atoms with Gasteiger partial charge < -0.3 is 19.6 Å². The fourth-order valence-electron chi connectivity index (χ4n) is 2.88. The van der Waals surface area contributed by atoms with Crippen molar-refractivity contribution in [2.45, 2.75) is 40.7 Å². The Hall–Kier alpha value is -2.57. The summed E-state index contributed by atoms with van der Waals surface area (Å²) in [5.41, 5.74) is 2.22. The smallest absolute Gasteiger partial charge is 0.339 e. The third-order valence-electron chi connectivity index (χ3n) is 4.34. The van der Waals surface area contributed by atoms with Gasteiger partial charge in [0.15, 0.2) is 0 Å². The van der Waals surface area contributed by atoms with Crippen molar-refractivity contribution in [3.63, 3.8) is 0 Å². The van der Waals surface area contributed by atoms with Gasteiger partial charge in [-0.1, -0.05) is 13.8 Å². The number of H-pyrrole nitrogens is 1. The predicted octanol–water partition coefficient (Wildman–Crippen LogP) is 2.24. The Morgan fingerprint density at radius 2 is 2.12 bits per heavy atom. The molecule has 2 aromatic rings. The molecule has 136 valence electrons. The maximum absolute atomic E-state index is 12.5. The van der Waals surface area contributed by atoms with Gasteiger partial charge in [-0.15, -0.1) is 0 Å². The number of nitrogens with one attached hydrogen (secondary N) is 2. The van der Waals surface area contributed by atoms with Crippen LogP contribution in [0.15, 0.2) is 12.4 Å². The maximum Gasteiger partial charge on any atom is 0.339 e. The van der Waals surface area contributed by atoms with E-state index in [9.17, 15) is 9.59 Å². The molecule has 2 rings (SSSR count). The number of aromatic amines is 1. The molecular formula is C18H26N4O3. The summed E-state index contributed by atoms with van der Waals surface area (Å²) in [5, 5.41) is 2.94. The number of nitrogens with zero attached hydrogens (tertiary/aromatic N) is 2. The number of imidazole rings is 1. The van der Waals surface area contributed by atoms with Crippen LogP contribution in [0.3, 0.4) is 0 Å². The Morgan fingerprint density at radius 1 is 1.40 bits per heavy atom. The van der Waals surface area contributed by atoms with E-state index in [0.29, 0.717) is 29.8 Å². The molecular weight excluding hydrogens is 320 g/mol. The largest absolute Gasteiger partial charge is 0.465 e. The molecule has 0 bridgehead atoms. The van der Waals surface area contributed by atoms with Crippen molar-refractivity contribution in [3.8, 4) is 0 Å². The van der Waals surface area contributed by atoms with Gasteiger partial charge in [-0.25, -0.2) is 9.78 Å². The van der Waals surface area contributed by atoms with Crippen molar-refractivity contribution in [1.82, 2.24) is 19.9 Å². The molecule has 2 N–H and O–H groups in total. The van der Waals surface area contributed by atoms with Crippen LogP contribution in [0.4, 0.5) is 0 Å². The standard InChI is InChI=1S/C18H26N4O3/c1-6-14-15(18(24)25-5)12(3)16(21-14)17(23)20-9-11(2)10-22-8-7-19-13(22)4/h7-8,11,21H,6,9-10H2,1-5H3,(H,20,23)/t11-/m0/s1. The minimum absolute atomic E-state index is 0.212. The van der Waals surface area contributed by atoms with Crippen molar-refractivity contribution < 1.29 is 14.3 Å². The number of aromatic nitrogens is 3. The van der Waals surface area contributed by atoms with E-state index in [1.54, 1.807) is 13.1 Å². The summed E-state index contributed by atoms with van der Waals surface area (Å²) in [6.45, 7) is 9.02. The van der Waals surface area contributed by atoms with Gasteiger partial charge in [-0.2, -0.15) is 0 Å². The number of esters is 1. The SMILES string of the molecule is CCc1[nH]c(C(=O)NC[C@H](C)Cn2ccnc2C)c(C)c1C(=O)OC. The maximum atomic E-state index is 12.5. The summed E-state index contributed by atoms with van der Waals surface area (Å²) in [6.07, 6.45) is 4.32. The highest BCUT2D eigenvalue weighted by Gasteiger charge is 2.23. The first-order chi connectivity index (χ1) is 11.9. The lowest BCUT2D eigenvalue weighted by molar-refractivity contribution is 0.0599. The fourth-order valence-corrected chi connectivity index (χ4v) is 2.88. The molecule has 7 heteroatoms. The summed E-state index contributed by atoms with van der Waals surface area (Å²) in [5.74, 6) is 0.566. The molecule has 0 unspecified atom stereocenters. The molecule has 2 aromatic heterocycles. The van der Waals surface area contributed by atoms with Gasteiger partial charge in [0.1, 0.15) is 11.5 Å². The minimum Gasteiger partial charge on any atom is -0.465 e. The molecule has 0 aliphatic heterocycles. The highest BCUT2D eigenvalue weighted by molar-refractivity contribution is 6.00. The van der Waals surface area contributed by atoms with Gasteiger partial charge in [0.2, 0.25) is 0 Å². The predicted molar refractivity (Wildman–Crippen MR) is 94.7 cm³/mol. The van der Waals surface area contributed by atoms with E-state index < -0.39 is 5.97 Å². The van der Waals surface area contributed by atoms with Gasteiger partial charge in [0, 0.05) is 31.2 Å². The zero-order chi connectivity index (χ0) is 18.6. The van der Waals surface area contributed by atoms with Crippen LogP contribution in [-0.2, 0) is 17.7 Å². The number of aryl methyl sites for hydroxylation is 2. The first-order valence-corrected chi connectivity index (χ1v) is 8.44. The Kier molecular flexibility index (Phi) is 6.01. The summed E-state index contributed by atoms with van der Waals surface area (Å²) in [6, 6.07) is 0. The van der Waals surface area contributed by atoms with Crippen LogP contribution < -0.4 is 5.32 Å². The molecule has 0 saturated carbocycles. The summed E-state index contributed by atoms with van der Waals surface area (Å²) in [7, 11) is 1.34. The second kappa shape index (κ2) is 8.00. The number of amides is 1. The fraction of sp³-hybridized carbons (Fsp3) is 0.500. The van der Waals surface area contributed by atoms with Gasteiger partial charge in [-0.3, -0.25) is 4.79 Å². The minimum atomic E-state index is -0.423. The molecule has 0 aliphatic carbocycles. The van der Waals surface area contributed by atoms with Crippen molar-refractivity contribution in [1.29, 1.82) is 0 Å². The summed E-state index contributed by atoms with van der Waals surface area (Å²) >= 11 is 0. The van der Waals surface area contributed by atoms with Crippen molar-refractivity contribution in [2.75, 3.05) is 13.7 Å². The zero-order valence-corrected chi connectivity index (χ0v) is 15.5. The number of hydrogen-bond donors (Lipinski definition) is 2. The molecule has 0 saturated heterocycles. The Morgan fingerprint density at radius 3 is 2.68 bits per heavy atom. The molecule has 0 aromatic carbocycles. The number of ether oxygens (including phenoxy) is 1. The number of hydrogen-bond acceptors (Lipinski definition) is 4. The highest BCUT2D eigenvalue weighted by atomic mass is 16.5. The van der Waals surface area contributed by atoms with E-state index in [0.717, 1.165) is 18.1 Å². The van der Waals surface area contributed by atoms with Crippen molar-refractivity contribution in [2.24, 2.45) is 5.92 Å². The second-order valence-electron chi connectivity index (χ2n) is 6.27. The Balaban J connectivity index is 2.04. The van der Waals surface area contributed by atoms with E-state index in [1.807, 2.05) is 20.0 Å². The highest BCUT2D eigenvalue weighted by Crippen LogP contribution is 2.20. The molecule has 25 heavy (non-hydrogen) atoms. The van der Waals surface area contributed by atoms with Crippen LogP contribution in [-0.4, -0.2) is 40.1 Å². The van der Waals surface area contributed by atoms with Gasteiger partial charge in [0.25, 0.3) is 5.91 Å². The summed E-state index contributed by atoms with van der Waals surface area (Å²) < 4.78 is 6.88. The van der Waals surface area contributed by atoms with E-state index >= 15 is 0 Å². The molecule has 7 nitrogen and oxygen atoms in total. The third kappa shape index (κ3) is 4.10. The average molecular weight is 346 g/mol. The van der Waals surface area contributed by atoms with Gasteiger partial charge >= 0.3 is 5.97 Å². The molecule has 1 amide bonds. The molecule has 0 aliphatic rings. The van der Waals surface area contributed by atoms with E-state index in [1.165, 1.54) is 7.11 Å². The molecule has 2 heterocycles. The number of carbonyl (C=O) groups excluding carboxylic acids is 2. The van der Waals surface area contributed by atoms with E-state index in [2.05, 4.69) is 26.8 Å². The molecule has 0 fully saturated rings. The zero-order valence-electron chi connectivity index (χ0n) is 15.5. The molecule has 1 atom stereocenters. The monoisotopic (exact) mass is 346 g/mol. The third-order valence-corrected chi connectivity index (χ3v) is 4.34. The van der Waals surface area contributed by atoms with Crippen LogP contribution in [0.5, 0.6) is 0 Å². The lowest BCUT2D eigenvalue weighted by Crippen LogP contribution is -2.30. The Labute approximate surface area is 147 Å². The summed E-state index contributed by atoms with van der Waals surface area (Å²) in [4.78, 5) is 31.7. The van der Waals surface area contributed by atoms with Crippen molar-refractivity contribution >= 4 is 11.9 Å². The number of methoxy groups -OCH3 is 1. The number of rotatable bonds is 7. The van der Waals surface area contributed by atoms with Crippen LogP contribution in [0.1, 0.15) is 51.8 Å². The lowest BCUT2D eigenvalue weighted by Gasteiger charge is -2.14. The Bertz CT molecular complexity index is 760. The topological polar surface area (TPSA) is 89.0 Å². The quantitative estimate of drug-likeness (QED) is 0.753. The second-order valence-corrected chi connectivity index (χ2v) is 6.27. The first-order valence-electron chi connectivity index (χ1n) is 8.44. The van der Waals surface area contributed by atoms with Crippen molar-refractivity contribution in [3.05, 3.63) is 40.7 Å². The van der Waals surface area contributed by atoms with Crippen LogP contribution in [0.25, 0.3) is 0 Å². The number of carbonyl (C=O) groups is 2. The van der Waals surface area contributed by atoms with E-state index in [4.69, 9.17) is 4.74 Å². The van der Waals surface area contributed by atoms with Gasteiger partial charge in [0.05, 0.1) is 12.7 Å². The van der Waals surface area contributed by atoms with Crippen LogP contribution >= 0.6 is 0 Å². The van der Waals surface area contributed by atoms with Crippen LogP contribution in [0, 0.1) is 19.8 Å². The van der Waals surface area contributed by atoms with Crippen LogP contribution in [0.2, 0.25) is 0 Å². The first kappa shape index (κ1) is 18.8. The van der Waals surface area contributed by atoms with Gasteiger partial charge in [-0.05, 0) is 31.7 Å². The normalized spacial score (nSPS) is 12.0. The molecule has 0 spiro atoms.